The number of benzene rings is 1. The Hall–Kier alpha value is -2.42. The topological polar surface area (TPSA) is 136 Å². The smallest absolute Gasteiger partial charge is 0.341 e. The van der Waals surface area contributed by atoms with Crippen LogP contribution in [0.5, 0.6) is 5.75 Å². The molecule has 1 aromatic carbocycles. The molecule has 6 N–H and O–H groups in total. The minimum atomic E-state index is -1.77. The lowest BCUT2D eigenvalue weighted by atomic mass is 10.00. The van der Waals surface area contributed by atoms with E-state index in [4.69, 9.17) is 26.4 Å². The average molecular weight is 290 g/mol. The molecule has 9 heteroatoms. The van der Waals surface area contributed by atoms with Crippen molar-refractivity contribution >= 4 is 17.6 Å². The van der Waals surface area contributed by atoms with Crippen molar-refractivity contribution in [1.82, 2.24) is 0 Å². The molecule has 1 rings (SSSR count). The SMILES string of the molecule is COc1c(N)c(C(=O)O)c(F)c(F)c1CC(N)C(=O)O. The number of halogens is 2. The normalized spacial score (nSPS) is 12.0. The number of hydrogen-bond donors (Lipinski definition) is 4. The molecule has 0 bridgehead atoms. The van der Waals surface area contributed by atoms with Gasteiger partial charge in [-0.05, 0) is 0 Å². The van der Waals surface area contributed by atoms with Crippen LogP contribution in [0, 0.1) is 11.6 Å². The second-order valence-corrected chi connectivity index (χ2v) is 3.88. The zero-order valence-corrected chi connectivity index (χ0v) is 10.3. The number of ether oxygens (including phenoxy) is 1. The van der Waals surface area contributed by atoms with Crippen LogP contribution in [-0.2, 0) is 11.2 Å². The number of methoxy groups -OCH3 is 1. The van der Waals surface area contributed by atoms with Crippen molar-refractivity contribution in [2.24, 2.45) is 5.73 Å². The van der Waals surface area contributed by atoms with Crippen LogP contribution in [0.25, 0.3) is 0 Å². The average Bonchev–Trinajstić information content (AvgIpc) is 2.35. The van der Waals surface area contributed by atoms with Crippen LogP contribution in [0.3, 0.4) is 0 Å². The van der Waals surface area contributed by atoms with Crippen molar-refractivity contribution < 1.29 is 33.3 Å². The van der Waals surface area contributed by atoms with Gasteiger partial charge in [0.25, 0.3) is 0 Å². The van der Waals surface area contributed by atoms with Gasteiger partial charge in [-0.2, -0.15) is 0 Å². The van der Waals surface area contributed by atoms with Gasteiger partial charge in [0.2, 0.25) is 0 Å². The summed E-state index contributed by atoms with van der Waals surface area (Å²) in [5, 5.41) is 17.5. The van der Waals surface area contributed by atoms with Crippen LogP contribution in [0.4, 0.5) is 14.5 Å². The number of aliphatic carboxylic acids is 1. The molecule has 110 valence electrons. The van der Waals surface area contributed by atoms with Gasteiger partial charge in [0, 0.05) is 12.0 Å². The van der Waals surface area contributed by atoms with Crippen molar-refractivity contribution in [3.05, 3.63) is 22.8 Å². The minimum absolute atomic E-state index is 0.446. The highest BCUT2D eigenvalue weighted by atomic mass is 19.2. The molecule has 0 saturated carbocycles. The van der Waals surface area contributed by atoms with Gasteiger partial charge < -0.3 is 26.4 Å². The van der Waals surface area contributed by atoms with Crippen LogP contribution in [0.2, 0.25) is 0 Å². The van der Waals surface area contributed by atoms with Crippen molar-refractivity contribution in [3.63, 3.8) is 0 Å². The zero-order valence-electron chi connectivity index (χ0n) is 10.3. The maximum Gasteiger partial charge on any atom is 0.341 e. The number of carboxylic acid groups (broad SMARTS) is 2. The highest BCUT2D eigenvalue weighted by Gasteiger charge is 2.29. The molecular formula is C11H12F2N2O5. The number of hydrogen-bond acceptors (Lipinski definition) is 5. The highest BCUT2D eigenvalue weighted by molar-refractivity contribution is 5.96. The monoisotopic (exact) mass is 290 g/mol. The first kappa shape index (κ1) is 15.6. The fraction of sp³-hybridized carbons (Fsp3) is 0.273. The lowest BCUT2D eigenvalue weighted by Gasteiger charge is -2.16. The molecular weight excluding hydrogens is 278 g/mol. The Kier molecular flexibility index (Phi) is 4.45. The van der Waals surface area contributed by atoms with Gasteiger partial charge in [-0.1, -0.05) is 0 Å². The van der Waals surface area contributed by atoms with Gasteiger partial charge in [0.1, 0.15) is 17.4 Å². The lowest BCUT2D eigenvalue weighted by Crippen LogP contribution is -2.33. The Morgan fingerprint density at radius 1 is 1.30 bits per heavy atom. The van der Waals surface area contributed by atoms with E-state index in [9.17, 15) is 18.4 Å². The molecule has 1 aromatic rings. The molecule has 1 unspecified atom stereocenters. The predicted molar refractivity (Wildman–Crippen MR) is 63.6 cm³/mol. The van der Waals surface area contributed by atoms with Crippen molar-refractivity contribution in [2.45, 2.75) is 12.5 Å². The standard InChI is InChI=1S/C11H12F2N2O5/c1-20-9-3(2-4(14)10(16)17)6(12)7(13)5(8(9)15)11(18)19/h4H,2,14-15H2,1H3,(H,16,17)(H,18,19). The summed E-state index contributed by atoms with van der Waals surface area (Å²) in [6, 6.07) is -1.52. The van der Waals surface area contributed by atoms with Crippen molar-refractivity contribution in [2.75, 3.05) is 12.8 Å². The second-order valence-electron chi connectivity index (χ2n) is 3.88. The molecule has 7 nitrogen and oxygen atoms in total. The van der Waals surface area contributed by atoms with Crippen molar-refractivity contribution in [1.29, 1.82) is 0 Å². The molecule has 0 aliphatic carbocycles. The first-order chi connectivity index (χ1) is 9.22. The first-order valence-electron chi connectivity index (χ1n) is 5.27. The molecule has 0 amide bonds. The minimum Gasteiger partial charge on any atom is -0.494 e. The fourth-order valence-electron chi connectivity index (χ4n) is 1.67. The van der Waals surface area contributed by atoms with Crippen molar-refractivity contribution in [3.8, 4) is 5.75 Å². The van der Waals surface area contributed by atoms with E-state index in [1.807, 2.05) is 0 Å². The summed E-state index contributed by atoms with van der Waals surface area (Å²) < 4.78 is 32.3. The van der Waals surface area contributed by atoms with E-state index < -0.39 is 58.6 Å². The lowest BCUT2D eigenvalue weighted by molar-refractivity contribution is -0.138. The summed E-state index contributed by atoms with van der Waals surface area (Å²) in [5.41, 5.74) is 8.42. The van der Waals surface area contributed by atoms with Crippen LogP contribution in [0.1, 0.15) is 15.9 Å². The molecule has 0 radical (unpaired) electrons. The van der Waals surface area contributed by atoms with E-state index in [1.165, 1.54) is 0 Å². The molecule has 1 atom stereocenters. The number of rotatable bonds is 5. The predicted octanol–water partition coefficient (Wildman–Crippen LogP) is 0.208. The number of anilines is 1. The van der Waals surface area contributed by atoms with Gasteiger partial charge in [-0.25, -0.2) is 13.6 Å². The van der Waals surface area contributed by atoms with E-state index in [0.29, 0.717) is 0 Å². The summed E-state index contributed by atoms with van der Waals surface area (Å²) >= 11 is 0. The quantitative estimate of drug-likeness (QED) is 0.569. The molecule has 0 aromatic heterocycles. The summed E-state index contributed by atoms with van der Waals surface area (Å²) in [6.07, 6.45) is -0.606. The Morgan fingerprint density at radius 2 is 1.85 bits per heavy atom. The van der Waals surface area contributed by atoms with Gasteiger partial charge >= 0.3 is 11.9 Å². The molecule has 20 heavy (non-hydrogen) atoms. The number of carbonyl (C=O) groups is 2. The first-order valence-corrected chi connectivity index (χ1v) is 5.27. The molecule has 0 fully saturated rings. The van der Waals surface area contributed by atoms with E-state index >= 15 is 0 Å². The number of carboxylic acids is 2. The summed E-state index contributed by atoms with van der Waals surface area (Å²) in [7, 11) is 1.06. The van der Waals surface area contributed by atoms with E-state index in [-0.39, 0.29) is 0 Å². The van der Waals surface area contributed by atoms with Gasteiger partial charge in [-0.15, -0.1) is 0 Å². The molecule has 0 aliphatic heterocycles. The molecule has 0 aliphatic rings. The second kappa shape index (κ2) is 5.70. The molecule has 0 spiro atoms. The Balaban J connectivity index is 3.53. The summed E-state index contributed by atoms with van der Waals surface area (Å²) in [5.74, 6) is -6.90. The summed E-state index contributed by atoms with van der Waals surface area (Å²) in [4.78, 5) is 21.5. The van der Waals surface area contributed by atoms with E-state index in [0.717, 1.165) is 7.11 Å². The van der Waals surface area contributed by atoms with Crippen LogP contribution in [0.15, 0.2) is 0 Å². The molecule has 0 heterocycles. The third-order valence-electron chi connectivity index (χ3n) is 2.62. The van der Waals surface area contributed by atoms with Crippen LogP contribution >= 0.6 is 0 Å². The maximum atomic E-state index is 13.9. The van der Waals surface area contributed by atoms with Crippen LogP contribution in [-0.4, -0.2) is 35.3 Å². The van der Waals surface area contributed by atoms with Gasteiger partial charge in [0.15, 0.2) is 11.6 Å². The third kappa shape index (κ3) is 2.62. The van der Waals surface area contributed by atoms with E-state index in [2.05, 4.69) is 0 Å². The number of nitrogen functional groups attached to an aromatic ring is 1. The maximum absolute atomic E-state index is 13.9. The number of nitrogens with two attached hydrogens (primary N) is 2. The summed E-state index contributed by atoms with van der Waals surface area (Å²) in [6.45, 7) is 0. The van der Waals surface area contributed by atoms with E-state index in [1.54, 1.807) is 0 Å². The highest BCUT2D eigenvalue weighted by Crippen LogP contribution is 2.35. The van der Waals surface area contributed by atoms with Gasteiger partial charge in [0.05, 0.1) is 12.8 Å². The van der Waals surface area contributed by atoms with Gasteiger partial charge in [-0.3, -0.25) is 4.79 Å². The van der Waals surface area contributed by atoms with Crippen LogP contribution < -0.4 is 16.2 Å². The fourth-order valence-corrected chi connectivity index (χ4v) is 1.67. The third-order valence-corrected chi connectivity index (χ3v) is 2.62. The Bertz CT molecular complexity index is 577. The Morgan fingerprint density at radius 3 is 2.25 bits per heavy atom. The molecule has 0 saturated heterocycles. The Labute approximate surface area is 111 Å². The number of aromatic carboxylic acids is 1. The largest absolute Gasteiger partial charge is 0.494 e. The zero-order chi connectivity index (χ0) is 15.6.